The average Bonchev–Trinajstić information content (AvgIpc) is 2.59. The maximum absolute atomic E-state index is 5.03. The summed E-state index contributed by atoms with van der Waals surface area (Å²) in [7, 11) is 2.22. The summed E-state index contributed by atoms with van der Waals surface area (Å²) in [6, 6.07) is 0.522. The van der Waals surface area contributed by atoms with Crippen LogP contribution in [0.25, 0.3) is 0 Å². The maximum Gasteiger partial charge on any atom is 0.193 e. The van der Waals surface area contributed by atoms with Crippen molar-refractivity contribution in [2.75, 3.05) is 59.4 Å². The van der Waals surface area contributed by atoms with Crippen molar-refractivity contribution in [1.29, 1.82) is 0 Å². The quantitative estimate of drug-likeness (QED) is 0.361. The van der Waals surface area contributed by atoms with E-state index < -0.39 is 0 Å². The SMILES string of the molecule is CCCC1(C)CCCN(C(=NCC(C)N2CCN(C)CC2)NCC)C1.I. The number of aliphatic imine (C=N–C) groups is 1. The zero-order valence-corrected chi connectivity index (χ0v) is 20.1. The van der Waals surface area contributed by atoms with Gasteiger partial charge in [0.15, 0.2) is 5.96 Å². The molecule has 0 spiro atoms. The summed E-state index contributed by atoms with van der Waals surface area (Å²) in [4.78, 5) is 12.5. The Bertz CT molecular complexity index is 418. The number of guanidine groups is 1. The second kappa shape index (κ2) is 11.7. The van der Waals surface area contributed by atoms with Crippen molar-refractivity contribution in [1.82, 2.24) is 20.0 Å². The Morgan fingerprint density at radius 3 is 2.46 bits per heavy atom. The summed E-state index contributed by atoms with van der Waals surface area (Å²) in [6.07, 6.45) is 5.24. The van der Waals surface area contributed by atoms with Gasteiger partial charge in [-0.1, -0.05) is 20.3 Å². The topological polar surface area (TPSA) is 34.1 Å². The Hall–Kier alpha value is -0.0800. The van der Waals surface area contributed by atoms with Crippen LogP contribution >= 0.6 is 24.0 Å². The van der Waals surface area contributed by atoms with Crippen molar-refractivity contribution >= 4 is 29.9 Å². The molecule has 5 nitrogen and oxygen atoms in total. The molecule has 0 aromatic rings. The molecular formula is C20H42IN5. The number of nitrogens with zero attached hydrogens (tertiary/aromatic N) is 4. The molecule has 2 saturated heterocycles. The monoisotopic (exact) mass is 479 g/mol. The number of nitrogens with one attached hydrogen (secondary N) is 1. The van der Waals surface area contributed by atoms with E-state index in [1.807, 2.05) is 0 Å². The first-order valence-electron chi connectivity index (χ1n) is 10.4. The first-order valence-corrected chi connectivity index (χ1v) is 10.4. The van der Waals surface area contributed by atoms with E-state index >= 15 is 0 Å². The van der Waals surface area contributed by atoms with Gasteiger partial charge in [0.05, 0.1) is 6.54 Å². The first kappa shape index (κ1) is 24.0. The van der Waals surface area contributed by atoms with Gasteiger partial charge < -0.3 is 15.1 Å². The summed E-state index contributed by atoms with van der Waals surface area (Å²) in [5.74, 6) is 1.13. The molecule has 0 aromatic heterocycles. The molecule has 2 aliphatic heterocycles. The Morgan fingerprint density at radius 2 is 1.85 bits per heavy atom. The van der Waals surface area contributed by atoms with Gasteiger partial charge in [-0.05, 0) is 45.6 Å². The number of hydrogen-bond acceptors (Lipinski definition) is 3. The van der Waals surface area contributed by atoms with E-state index in [0.29, 0.717) is 11.5 Å². The largest absolute Gasteiger partial charge is 0.357 e. The molecule has 0 radical (unpaired) electrons. The molecule has 2 fully saturated rings. The summed E-state index contributed by atoms with van der Waals surface area (Å²) in [5.41, 5.74) is 0.451. The standard InChI is InChI=1S/C20H41N5.HI/c1-6-9-20(4)10-8-11-25(17-20)19(21-7-2)22-16-18(3)24-14-12-23(5)13-15-24;/h18H,6-17H2,1-5H3,(H,21,22);1H. The predicted octanol–water partition coefficient (Wildman–Crippen LogP) is 3.11. The molecule has 1 N–H and O–H groups in total. The molecule has 0 amide bonds. The van der Waals surface area contributed by atoms with Crippen LogP contribution in [0.15, 0.2) is 4.99 Å². The van der Waals surface area contributed by atoms with Crippen molar-refractivity contribution in [3.8, 4) is 0 Å². The highest BCUT2D eigenvalue weighted by molar-refractivity contribution is 14.0. The number of piperazine rings is 1. The van der Waals surface area contributed by atoms with Crippen molar-refractivity contribution in [3.05, 3.63) is 0 Å². The van der Waals surface area contributed by atoms with E-state index in [4.69, 9.17) is 4.99 Å². The van der Waals surface area contributed by atoms with E-state index in [-0.39, 0.29) is 24.0 Å². The molecule has 2 rings (SSSR count). The molecular weight excluding hydrogens is 437 g/mol. The minimum atomic E-state index is 0. The third-order valence-corrected chi connectivity index (χ3v) is 5.94. The van der Waals surface area contributed by atoms with E-state index in [9.17, 15) is 0 Å². The number of likely N-dealkylation sites (N-methyl/N-ethyl adjacent to an activating group) is 1. The van der Waals surface area contributed by atoms with Crippen LogP contribution in [-0.4, -0.2) is 86.1 Å². The second-order valence-corrected chi connectivity index (χ2v) is 8.47. The van der Waals surface area contributed by atoms with Gasteiger partial charge in [0.2, 0.25) is 0 Å². The summed E-state index contributed by atoms with van der Waals surface area (Å²) < 4.78 is 0. The lowest BCUT2D eigenvalue weighted by atomic mass is 9.78. The Labute approximate surface area is 179 Å². The molecule has 154 valence electrons. The van der Waals surface area contributed by atoms with Gasteiger partial charge in [-0.2, -0.15) is 0 Å². The lowest BCUT2D eigenvalue weighted by Crippen LogP contribution is -2.51. The second-order valence-electron chi connectivity index (χ2n) is 8.47. The Kier molecular flexibility index (Phi) is 10.8. The molecule has 0 bridgehead atoms. The first-order chi connectivity index (χ1) is 12.0. The molecule has 2 heterocycles. The van der Waals surface area contributed by atoms with Crippen LogP contribution < -0.4 is 5.32 Å². The fraction of sp³-hybridized carbons (Fsp3) is 0.950. The maximum atomic E-state index is 5.03. The molecule has 0 aromatic carbocycles. The summed E-state index contributed by atoms with van der Waals surface area (Å²) in [5, 5.41) is 3.55. The predicted molar refractivity (Wildman–Crippen MR) is 124 cm³/mol. The highest BCUT2D eigenvalue weighted by Gasteiger charge is 2.31. The molecule has 2 atom stereocenters. The minimum Gasteiger partial charge on any atom is -0.357 e. The van der Waals surface area contributed by atoms with Gasteiger partial charge in [0.25, 0.3) is 0 Å². The van der Waals surface area contributed by atoms with Gasteiger partial charge in [-0.15, -0.1) is 24.0 Å². The van der Waals surface area contributed by atoms with Crippen LogP contribution in [0.1, 0.15) is 53.4 Å². The minimum absolute atomic E-state index is 0. The summed E-state index contributed by atoms with van der Waals surface area (Å²) in [6.45, 7) is 18.1. The number of piperidine rings is 1. The normalized spacial score (nSPS) is 27.1. The Balaban J connectivity index is 0.00000338. The summed E-state index contributed by atoms with van der Waals surface area (Å²) >= 11 is 0. The average molecular weight is 479 g/mol. The molecule has 26 heavy (non-hydrogen) atoms. The van der Waals surface area contributed by atoms with E-state index in [2.05, 4.69) is 54.8 Å². The molecule has 2 unspecified atom stereocenters. The van der Waals surface area contributed by atoms with Crippen molar-refractivity contribution in [3.63, 3.8) is 0 Å². The molecule has 0 aliphatic carbocycles. The van der Waals surface area contributed by atoms with Crippen molar-refractivity contribution in [2.45, 2.75) is 59.4 Å². The van der Waals surface area contributed by atoms with E-state index in [1.165, 1.54) is 51.9 Å². The van der Waals surface area contributed by atoms with Crippen molar-refractivity contribution in [2.24, 2.45) is 10.4 Å². The van der Waals surface area contributed by atoms with Crippen LogP contribution in [-0.2, 0) is 0 Å². The molecule has 2 aliphatic rings. The van der Waals surface area contributed by atoms with Crippen LogP contribution in [0.3, 0.4) is 0 Å². The van der Waals surface area contributed by atoms with Crippen molar-refractivity contribution < 1.29 is 0 Å². The van der Waals surface area contributed by atoms with Crippen LogP contribution in [0.5, 0.6) is 0 Å². The van der Waals surface area contributed by atoms with Crippen LogP contribution in [0.4, 0.5) is 0 Å². The lowest BCUT2D eigenvalue weighted by Gasteiger charge is -2.42. The third kappa shape index (κ3) is 7.15. The highest BCUT2D eigenvalue weighted by atomic mass is 127. The highest BCUT2D eigenvalue weighted by Crippen LogP contribution is 2.33. The molecule has 0 saturated carbocycles. The van der Waals surface area contributed by atoms with E-state index in [1.54, 1.807) is 0 Å². The number of rotatable bonds is 6. The van der Waals surface area contributed by atoms with Crippen LogP contribution in [0.2, 0.25) is 0 Å². The fourth-order valence-electron chi connectivity index (χ4n) is 4.33. The number of likely N-dealkylation sites (tertiary alicyclic amines) is 1. The number of hydrogen-bond donors (Lipinski definition) is 1. The van der Waals surface area contributed by atoms with Crippen LogP contribution in [0, 0.1) is 5.41 Å². The zero-order chi connectivity index (χ0) is 18.3. The zero-order valence-electron chi connectivity index (χ0n) is 17.8. The fourth-order valence-corrected chi connectivity index (χ4v) is 4.33. The Morgan fingerprint density at radius 1 is 1.15 bits per heavy atom. The molecule has 6 heteroatoms. The van der Waals surface area contributed by atoms with Gasteiger partial charge in [-0.25, -0.2) is 0 Å². The lowest BCUT2D eigenvalue weighted by molar-refractivity contribution is 0.121. The smallest absolute Gasteiger partial charge is 0.193 e. The van der Waals surface area contributed by atoms with E-state index in [0.717, 1.165) is 32.1 Å². The van der Waals surface area contributed by atoms with Gasteiger partial charge in [0, 0.05) is 51.9 Å². The number of halogens is 1. The third-order valence-electron chi connectivity index (χ3n) is 5.94. The van der Waals surface area contributed by atoms with Gasteiger partial charge in [0.1, 0.15) is 0 Å². The van der Waals surface area contributed by atoms with Gasteiger partial charge >= 0.3 is 0 Å². The van der Waals surface area contributed by atoms with Gasteiger partial charge in [-0.3, -0.25) is 9.89 Å².